The smallest absolute Gasteiger partial charge is 0.0468 e. The monoisotopic (exact) mass is 749 g/mol. The van der Waals surface area contributed by atoms with Gasteiger partial charge in [0.25, 0.3) is 0 Å². The standard InChI is InChI=1S/C58H39N/c1-3-16-40(17-4-1)51-35-34-48(39-58(51)41-18-5-2-6-19-41)59(46-32-30-42(31-33-46)56-37-44-20-7-9-24-49(44)52-26-11-13-28-54(52)56)47-23-15-22-43(36-47)57-38-45-21-8-10-25-50(45)53-27-12-14-29-55(53)57/h1-39H. The molecule has 1 nitrogen and oxygen atoms in total. The van der Waals surface area contributed by atoms with Crippen LogP contribution in [-0.4, -0.2) is 0 Å². The third-order valence-corrected chi connectivity index (χ3v) is 11.8. The van der Waals surface area contributed by atoms with Crippen molar-refractivity contribution in [2.75, 3.05) is 4.90 Å². The van der Waals surface area contributed by atoms with E-state index >= 15 is 0 Å². The van der Waals surface area contributed by atoms with Gasteiger partial charge >= 0.3 is 0 Å². The number of benzene rings is 11. The lowest BCUT2D eigenvalue weighted by atomic mass is 9.92. The van der Waals surface area contributed by atoms with Crippen LogP contribution in [0.1, 0.15) is 0 Å². The van der Waals surface area contributed by atoms with E-state index in [-0.39, 0.29) is 0 Å². The first kappa shape index (κ1) is 34.5. The van der Waals surface area contributed by atoms with Crippen molar-refractivity contribution in [3.8, 4) is 44.5 Å². The van der Waals surface area contributed by atoms with Gasteiger partial charge in [0, 0.05) is 17.1 Å². The molecule has 0 saturated heterocycles. The number of rotatable bonds is 7. The predicted octanol–water partition coefficient (Wildman–Crippen LogP) is 16.4. The summed E-state index contributed by atoms with van der Waals surface area (Å²) in [5.41, 5.74) is 12.9. The molecule has 0 aliphatic carbocycles. The molecule has 0 radical (unpaired) electrons. The summed E-state index contributed by atoms with van der Waals surface area (Å²) in [6.07, 6.45) is 0. The summed E-state index contributed by atoms with van der Waals surface area (Å²) < 4.78 is 0. The van der Waals surface area contributed by atoms with Gasteiger partial charge in [-0.25, -0.2) is 0 Å². The summed E-state index contributed by atoms with van der Waals surface area (Å²) in [5, 5.41) is 10.1. The third-order valence-electron chi connectivity index (χ3n) is 11.8. The summed E-state index contributed by atoms with van der Waals surface area (Å²) in [5.74, 6) is 0. The van der Waals surface area contributed by atoms with Gasteiger partial charge in [-0.3, -0.25) is 0 Å². The second-order valence-electron chi connectivity index (χ2n) is 15.3. The fraction of sp³-hybridized carbons (Fsp3) is 0. The molecule has 0 aromatic heterocycles. The highest BCUT2D eigenvalue weighted by Crippen LogP contribution is 2.44. The molecule has 0 amide bonds. The Hall–Kier alpha value is -7.74. The highest BCUT2D eigenvalue weighted by molar-refractivity contribution is 6.15. The summed E-state index contributed by atoms with van der Waals surface area (Å²) in [6.45, 7) is 0. The highest BCUT2D eigenvalue weighted by Gasteiger charge is 2.19. The van der Waals surface area contributed by atoms with E-state index in [4.69, 9.17) is 0 Å². The number of hydrogen-bond acceptors (Lipinski definition) is 1. The molecule has 0 aliphatic rings. The van der Waals surface area contributed by atoms with Crippen molar-refractivity contribution in [2.45, 2.75) is 0 Å². The maximum atomic E-state index is 2.41. The Balaban J connectivity index is 1.11. The van der Waals surface area contributed by atoms with E-state index in [1.165, 1.54) is 87.6 Å². The Morgan fingerprint density at radius 1 is 0.203 bits per heavy atom. The van der Waals surface area contributed by atoms with Gasteiger partial charge in [0.05, 0.1) is 0 Å². The second-order valence-corrected chi connectivity index (χ2v) is 15.3. The number of hydrogen-bond donors (Lipinski definition) is 0. The second kappa shape index (κ2) is 14.6. The molecule has 0 aliphatic heterocycles. The molecule has 0 heterocycles. The van der Waals surface area contributed by atoms with Crippen LogP contribution in [-0.2, 0) is 0 Å². The molecule has 11 aromatic carbocycles. The summed E-state index contributed by atoms with van der Waals surface area (Å²) >= 11 is 0. The zero-order valence-corrected chi connectivity index (χ0v) is 32.5. The minimum atomic E-state index is 1.09. The molecule has 0 unspecified atom stereocenters. The van der Waals surface area contributed by atoms with Crippen LogP contribution in [0.3, 0.4) is 0 Å². The van der Waals surface area contributed by atoms with Gasteiger partial charge in [-0.2, -0.15) is 0 Å². The fourth-order valence-electron chi connectivity index (χ4n) is 9.03. The van der Waals surface area contributed by atoms with Gasteiger partial charge in [0.15, 0.2) is 0 Å². The van der Waals surface area contributed by atoms with Crippen molar-refractivity contribution in [1.82, 2.24) is 0 Å². The van der Waals surface area contributed by atoms with Crippen LogP contribution in [0.15, 0.2) is 237 Å². The molecule has 0 bridgehead atoms. The number of fused-ring (bicyclic) bond motifs is 6. The van der Waals surface area contributed by atoms with Crippen LogP contribution >= 0.6 is 0 Å². The van der Waals surface area contributed by atoms with Crippen molar-refractivity contribution in [1.29, 1.82) is 0 Å². The maximum absolute atomic E-state index is 2.41. The van der Waals surface area contributed by atoms with Crippen molar-refractivity contribution in [3.63, 3.8) is 0 Å². The van der Waals surface area contributed by atoms with Gasteiger partial charge in [-0.1, -0.05) is 188 Å². The largest absolute Gasteiger partial charge is 0.310 e. The Morgan fingerprint density at radius 3 is 1.22 bits per heavy atom. The summed E-state index contributed by atoms with van der Waals surface area (Å²) in [6, 6.07) is 86.3. The Kier molecular flexibility index (Phi) is 8.56. The van der Waals surface area contributed by atoms with Crippen LogP contribution in [0.2, 0.25) is 0 Å². The topological polar surface area (TPSA) is 3.24 Å². The van der Waals surface area contributed by atoms with Gasteiger partial charge < -0.3 is 4.90 Å². The zero-order valence-electron chi connectivity index (χ0n) is 32.5. The van der Waals surface area contributed by atoms with E-state index in [9.17, 15) is 0 Å². The Morgan fingerprint density at radius 2 is 0.627 bits per heavy atom. The highest BCUT2D eigenvalue weighted by atomic mass is 15.1. The lowest BCUT2D eigenvalue weighted by molar-refractivity contribution is 1.28. The minimum absolute atomic E-state index is 1.09. The first-order chi connectivity index (χ1) is 29.3. The van der Waals surface area contributed by atoms with Crippen LogP contribution in [0.5, 0.6) is 0 Å². The lowest BCUT2D eigenvalue weighted by Crippen LogP contribution is -2.10. The lowest BCUT2D eigenvalue weighted by Gasteiger charge is -2.28. The average molecular weight is 750 g/mol. The maximum Gasteiger partial charge on any atom is 0.0468 e. The Labute approximate surface area is 344 Å². The predicted molar refractivity (Wildman–Crippen MR) is 253 cm³/mol. The van der Waals surface area contributed by atoms with Gasteiger partial charge in [-0.15, -0.1) is 0 Å². The summed E-state index contributed by atoms with van der Waals surface area (Å²) in [4.78, 5) is 2.41. The first-order valence-corrected chi connectivity index (χ1v) is 20.3. The molecule has 0 spiro atoms. The Bertz CT molecular complexity index is 3310. The minimum Gasteiger partial charge on any atom is -0.310 e. The van der Waals surface area contributed by atoms with E-state index in [1.807, 2.05) is 0 Å². The van der Waals surface area contributed by atoms with Gasteiger partial charge in [0.1, 0.15) is 0 Å². The molecule has 0 atom stereocenters. The molecule has 0 N–H and O–H groups in total. The molecule has 11 aromatic rings. The normalized spacial score (nSPS) is 11.4. The van der Waals surface area contributed by atoms with Crippen LogP contribution in [0.4, 0.5) is 17.1 Å². The number of nitrogens with zero attached hydrogens (tertiary/aromatic N) is 1. The molecule has 0 saturated carbocycles. The summed E-state index contributed by atoms with van der Waals surface area (Å²) in [7, 11) is 0. The van der Waals surface area contributed by atoms with Crippen molar-refractivity contribution in [3.05, 3.63) is 237 Å². The van der Waals surface area contributed by atoms with Gasteiger partial charge in [0.2, 0.25) is 0 Å². The van der Waals surface area contributed by atoms with Crippen molar-refractivity contribution >= 4 is 60.2 Å². The SMILES string of the molecule is c1ccc(-c2ccc(N(c3ccc(-c4cc5ccccc5c5ccccc45)cc3)c3cccc(-c4cc5ccccc5c5ccccc45)c3)cc2-c2ccccc2)cc1. The molecular weight excluding hydrogens is 711 g/mol. The quantitative estimate of drug-likeness (QED) is 0.147. The fourth-order valence-corrected chi connectivity index (χ4v) is 9.03. The number of anilines is 3. The third kappa shape index (κ3) is 6.21. The molecule has 11 rings (SSSR count). The first-order valence-electron chi connectivity index (χ1n) is 20.3. The van der Waals surface area contributed by atoms with Crippen LogP contribution < -0.4 is 4.90 Å². The molecule has 0 fully saturated rings. The van der Waals surface area contributed by atoms with Crippen molar-refractivity contribution < 1.29 is 0 Å². The molecular formula is C58H39N. The van der Waals surface area contributed by atoms with E-state index in [0.29, 0.717) is 0 Å². The molecule has 59 heavy (non-hydrogen) atoms. The average Bonchev–Trinajstić information content (AvgIpc) is 3.32. The van der Waals surface area contributed by atoms with Crippen LogP contribution in [0, 0.1) is 0 Å². The zero-order chi connectivity index (χ0) is 39.1. The molecule has 276 valence electrons. The van der Waals surface area contributed by atoms with E-state index in [1.54, 1.807) is 0 Å². The van der Waals surface area contributed by atoms with E-state index in [0.717, 1.165) is 17.1 Å². The molecule has 1 heteroatoms. The van der Waals surface area contributed by atoms with Crippen LogP contribution in [0.25, 0.3) is 87.6 Å². The van der Waals surface area contributed by atoms with Gasteiger partial charge in [-0.05, 0) is 136 Å². The van der Waals surface area contributed by atoms with E-state index in [2.05, 4.69) is 241 Å². The van der Waals surface area contributed by atoms with E-state index < -0.39 is 0 Å². The van der Waals surface area contributed by atoms with Crippen molar-refractivity contribution in [2.24, 2.45) is 0 Å².